The summed E-state index contributed by atoms with van der Waals surface area (Å²) in [4.78, 5) is 17.9. The van der Waals surface area contributed by atoms with Crippen LogP contribution in [0.1, 0.15) is 28.8 Å². The van der Waals surface area contributed by atoms with E-state index in [0.717, 1.165) is 32.1 Å². The molecule has 0 aromatic heterocycles. The summed E-state index contributed by atoms with van der Waals surface area (Å²) in [5.41, 5.74) is 1.96. The maximum atomic E-state index is 13.3. The van der Waals surface area contributed by atoms with E-state index in [1.54, 1.807) is 0 Å². The van der Waals surface area contributed by atoms with Crippen LogP contribution in [0.5, 0.6) is 11.5 Å². The summed E-state index contributed by atoms with van der Waals surface area (Å²) in [7, 11) is 0. The third-order valence-corrected chi connectivity index (χ3v) is 5.77. The van der Waals surface area contributed by atoms with E-state index >= 15 is 0 Å². The predicted molar refractivity (Wildman–Crippen MR) is 102 cm³/mol. The maximum Gasteiger partial charge on any atom is 0.254 e. The average molecular weight is 364 g/mol. The van der Waals surface area contributed by atoms with Crippen molar-refractivity contribution in [2.75, 3.05) is 26.4 Å². The van der Waals surface area contributed by atoms with E-state index in [0.29, 0.717) is 17.1 Å². The first-order valence-corrected chi connectivity index (χ1v) is 9.76. The molecule has 3 aliphatic rings. The molecule has 2 heterocycles. The van der Waals surface area contributed by atoms with Gasteiger partial charge in [-0.3, -0.25) is 9.69 Å². The van der Waals surface area contributed by atoms with Crippen molar-refractivity contribution < 1.29 is 14.3 Å². The van der Waals surface area contributed by atoms with E-state index in [4.69, 9.17) is 9.47 Å². The fourth-order valence-electron chi connectivity index (χ4n) is 4.17. The lowest BCUT2D eigenvalue weighted by molar-refractivity contribution is 0.0437. The SMILES string of the molecule is O=C(c1ccc2c(c1)OCO2)N1CCN(C2CC2)CC1Cc1ccccc1. The minimum absolute atomic E-state index is 0.0877. The highest BCUT2D eigenvalue weighted by molar-refractivity contribution is 5.95. The van der Waals surface area contributed by atoms with E-state index in [1.165, 1.54) is 18.4 Å². The first-order chi connectivity index (χ1) is 13.3. The average Bonchev–Trinajstić information content (AvgIpc) is 3.45. The summed E-state index contributed by atoms with van der Waals surface area (Å²) in [6, 6.07) is 16.9. The molecule has 1 saturated carbocycles. The lowest BCUT2D eigenvalue weighted by Gasteiger charge is -2.42. The monoisotopic (exact) mass is 364 g/mol. The van der Waals surface area contributed by atoms with Crippen LogP contribution in [0.2, 0.25) is 0 Å². The van der Waals surface area contributed by atoms with Crippen LogP contribution in [-0.4, -0.2) is 54.2 Å². The van der Waals surface area contributed by atoms with E-state index < -0.39 is 0 Å². The molecule has 1 atom stereocenters. The predicted octanol–water partition coefficient (Wildman–Crippen LogP) is 2.95. The van der Waals surface area contributed by atoms with Crippen LogP contribution in [0.3, 0.4) is 0 Å². The van der Waals surface area contributed by atoms with Crippen LogP contribution in [0, 0.1) is 0 Å². The van der Waals surface area contributed by atoms with E-state index in [-0.39, 0.29) is 18.7 Å². The van der Waals surface area contributed by atoms with Crippen LogP contribution in [0.15, 0.2) is 48.5 Å². The molecule has 2 aromatic carbocycles. The number of hydrogen-bond donors (Lipinski definition) is 0. The minimum Gasteiger partial charge on any atom is -0.454 e. The van der Waals surface area contributed by atoms with Gasteiger partial charge in [0.05, 0.1) is 0 Å². The van der Waals surface area contributed by atoms with Crippen molar-refractivity contribution in [2.45, 2.75) is 31.3 Å². The number of benzene rings is 2. The summed E-state index contributed by atoms with van der Waals surface area (Å²) in [6.45, 7) is 2.92. The molecule has 0 N–H and O–H groups in total. The van der Waals surface area contributed by atoms with Crippen molar-refractivity contribution in [2.24, 2.45) is 0 Å². The molecule has 2 fully saturated rings. The third kappa shape index (κ3) is 3.39. The fourth-order valence-corrected chi connectivity index (χ4v) is 4.17. The zero-order valence-electron chi connectivity index (χ0n) is 15.3. The number of rotatable bonds is 4. The molecule has 2 aliphatic heterocycles. The normalized spacial score (nSPS) is 22.1. The third-order valence-electron chi connectivity index (χ3n) is 5.77. The Labute approximate surface area is 159 Å². The minimum atomic E-state index is 0.0877. The van der Waals surface area contributed by atoms with Crippen LogP contribution >= 0.6 is 0 Å². The number of amides is 1. The van der Waals surface area contributed by atoms with E-state index in [2.05, 4.69) is 34.1 Å². The highest BCUT2D eigenvalue weighted by atomic mass is 16.7. The van der Waals surface area contributed by atoms with Crippen molar-refractivity contribution in [3.8, 4) is 11.5 Å². The smallest absolute Gasteiger partial charge is 0.254 e. The molecule has 5 heteroatoms. The van der Waals surface area contributed by atoms with Crippen molar-refractivity contribution in [1.29, 1.82) is 0 Å². The van der Waals surface area contributed by atoms with Gasteiger partial charge in [0.25, 0.3) is 5.91 Å². The van der Waals surface area contributed by atoms with Crippen LogP contribution in [0.4, 0.5) is 0 Å². The van der Waals surface area contributed by atoms with Crippen LogP contribution in [0.25, 0.3) is 0 Å². The number of carbonyl (C=O) groups is 1. The standard InChI is InChI=1S/C22H24N2O3/c25-22(17-6-9-20-21(13-17)27-15-26-20)24-11-10-23(18-7-8-18)14-19(24)12-16-4-2-1-3-5-16/h1-6,9,13,18-19H,7-8,10-12,14-15H2. The van der Waals surface area contributed by atoms with Gasteiger partial charge >= 0.3 is 0 Å². The van der Waals surface area contributed by atoms with Gasteiger partial charge in [0, 0.05) is 37.3 Å². The molecule has 1 unspecified atom stereocenters. The number of piperazine rings is 1. The van der Waals surface area contributed by atoms with Crippen LogP contribution in [-0.2, 0) is 6.42 Å². The Hall–Kier alpha value is -2.53. The van der Waals surface area contributed by atoms with Crippen molar-refractivity contribution in [1.82, 2.24) is 9.80 Å². The second-order valence-electron chi connectivity index (χ2n) is 7.64. The number of nitrogens with zero attached hydrogens (tertiary/aromatic N) is 2. The Morgan fingerprint density at radius 2 is 1.81 bits per heavy atom. The van der Waals surface area contributed by atoms with Gasteiger partial charge in [0.15, 0.2) is 11.5 Å². The van der Waals surface area contributed by atoms with Crippen molar-refractivity contribution >= 4 is 5.91 Å². The van der Waals surface area contributed by atoms with Gasteiger partial charge in [-0.15, -0.1) is 0 Å². The molecule has 5 rings (SSSR count). The zero-order chi connectivity index (χ0) is 18.2. The Balaban J connectivity index is 1.38. The maximum absolute atomic E-state index is 13.3. The highest BCUT2D eigenvalue weighted by Gasteiger charge is 2.37. The molecule has 1 aliphatic carbocycles. The highest BCUT2D eigenvalue weighted by Crippen LogP contribution is 2.34. The fraction of sp³-hybridized carbons (Fsp3) is 0.409. The second kappa shape index (κ2) is 6.89. The summed E-state index contributed by atoms with van der Waals surface area (Å²) in [6.07, 6.45) is 3.49. The van der Waals surface area contributed by atoms with Crippen LogP contribution < -0.4 is 9.47 Å². The molecular weight excluding hydrogens is 340 g/mol. The molecule has 2 aromatic rings. The number of hydrogen-bond acceptors (Lipinski definition) is 4. The Morgan fingerprint density at radius 1 is 1.00 bits per heavy atom. The van der Waals surface area contributed by atoms with Crippen molar-refractivity contribution in [3.05, 3.63) is 59.7 Å². The largest absolute Gasteiger partial charge is 0.454 e. The second-order valence-corrected chi connectivity index (χ2v) is 7.64. The number of fused-ring (bicyclic) bond motifs is 1. The summed E-state index contributed by atoms with van der Waals surface area (Å²) in [5, 5.41) is 0. The summed E-state index contributed by atoms with van der Waals surface area (Å²) in [5.74, 6) is 1.47. The topological polar surface area (TPSA) is 42.0 Å². The molecule has 5 nitrogen and oxygen atoms in total. The van der Waals surface area contributed by atoms with E-state index in [9.17, 15) is 4.79 Å². The molecular formula is C22H24N2O3. The molecule has 1 amide bonds. The first-order valence-electron chi connectivity index (χ1n) is 9.76. The Bertz CT molecular complexity index is 835. The van der Waals surface area contributed by atoms with Gasteiger partial charge in [-0.1, -0.05) is 30.3 Å². The van der Waals surface area contributed by atoms with Gasteiger partial charge in [0.1, 0.15) is 0 Å². The summed E-state index contributed by atoms with van der Waals surface area (Å²) < 4.78 is 10.8. The van der Waals surface area contributed by atoms with E-state index in [1.807, 2.05) is 24.3 Å². The van der Waals surface area contributed by atoms with Crippen molar-refractivity contribution in [3.63, 3.8) is 0 Å². The number of carbonyl (C=O) groups excluding carboxylic acids is 1. The Morgan fingerprint density at radius 3 is 2.63 bits per heavy atom. The molecule has 0 radical (unpaired) electrons. The van der Waals surface area contributed by atoms with Gasteiger partial charge < -0.3 is 14.4 Å². The molecule has 0 spiro atoms. The lowest BCUT2D eigenvalue weighted by atomic mass is 10.0. The molecule has 140 valence electrons. The van der Waals surface area contributed by atoms with Gasteiger partial charge in [0.2, 0.25) is 6.79 Å². The first kappa shape index (κ1) is 16.6. The number of ether oxygens (including phenoxy) is 2. The molecule has 27 heavy (non-hydrogen) atoms. The lowest BCUT2D eigenvalue weighted by Crippen LogP contribution is -2.56. The van der Waals surface area contributed by atoms with Gasteiger partial charge in [-0.05, 0) is 43.0 Å². The zero-order valence-corrected chi connectivity index (χ0v) is 15.3. The quantitative estimate of drug-likeness (QED) is 0.837. The van der Waals surface area contributed by atoms with Gasteiger partial charge in [-0.2, -0.15) is 0 Å². The van der Waals surface area contributed by atoms with Gasteiger partial charge in [-0.25, -0.2) is 0 Å². The Kier molecular flexibility index (Phi) is 4.24. The summed E-state index contributed by atoms with van der Waals surface area (Å²) >= 11 is 0. The molecule has 0 bridgehead atoms. The molecule has 1 saturated heterocycles.